The molecule has 1 saturated carbocycles. The molecule has 2 heterocycles. The van der Waals surface area contributed by atoms with E-state index in [-0.39, 0.29) is 24.0 Å². The number of rotatable bonds is 3. The summed E-state index contributed by atoms with van der Waals surface area (Å²) < 4.78 is 0. The first-order valence-electron chi connectivity index (χ1n) is 8.29. The fourth-order valence-electron chi connectivity index (χ4n) is 3.40. The summed E-state index contributed by atoms with van der Waals surface area (Å²) in [5, 5.41) is 16.2. The Morgan fingerprint density at radius 3 is 2.68 bits per heavy atom. The third-order valence-corrected chi connectivity index (χ3v) is 5.82. The zero-order valence-electron chi connectivity index (χ0n) is 13.1. The van der Waals surface area contributed by atoms with Gasteiger partial charge < -0.3 is 15.3 Å². The van der Waals surface area contributed by atoms with E-state index in [1.807, 2.05) is 6.92 Å². The van der Waals surface area contributed by atoms with Gasteiger partial charge in [-0.3, -0.25) is 4.79 Å². The molecule has 1 saturated heterocycles. The van der Waals surface area contributed by atoms with Gasteiger partial charge in [0.2, 0.25) is 5.91 Å². The summed E-state index contributed by atoms with van der Waals surface area (Å²) in [5.41, 5.74) is 1.06. The quantitative estimate of drug-likeness (QED) is 0.894. The lowest BCUT2D eigenvalue weighted by Gasteiger charge is -2.33. The second kappa shape index (κ2) is 6.96. The topological polar surface area (TPSA) is 65.5 Å². The van der Waals surface area contributed by atoms with E-state index in [2.05, 4.69) is 20.6 Å². The molecule has 0 radical (unpaired) electrons. The molecule has 1 aromatic rings. The molecule has 22 heavy (non-hydrogen) atoms. The Labute approximate surface area is 135 Å². The van der Waals surface area contributed by atoms with Crippen molar-refractivity contribution < 1.29 is 9.90 Å². The normalized spacial score (nSPS) is 26.9. The molecule has 2 aliphatic rings. The Balaban J connectivity index is 1.49. The van der Waals surface area contributed by atoms with Gasteiger partial charge in [-0.25, -0.2) is 4.98 Å². The van der Waals surface area contributed by atoms with Gasteiger partial charge in [0.1, 0.15) is 0 Å². The molecule has 0 aromatic carbocycles. The third-order valence-electron chi connectivity index (χ3n) is 4.80. The van der Waals surface area contributed by atoms with Gasteiger partial charge in [0.15, 0.2) is 5.13 Å². The molecular weight excluding hydrogens is 298 g/mol. The number of anilines is 1. The molecule has 122 valence electrons. The number of nitrogens with zero attached hydrogens (tertiary/aromatic N) is 2. The minimum atomic E-state index is -0.365. The van der Waals surface area contributed by atoms with E-state index in [0.29, 0.717) is 0 Å². The summed E-state index contributed by atoms with van der Waals surface area (Å²) in [6, 6.07) is -0.0408. The summed E-state index contributed by atoms with van der Waals surface area (Å²) in [4.78, 5) is 19.2. The molecule has 1 aromatic heterocycles. The molecule has 0 bridgehead atoms. The van der Waals surface area contributed by atoms with Gasteiger partial charge in [-0.1, -0.05) is 12.8 Å². The molecule has 6 heteroatoms. The maximum absolute atomic E-state index is 12.4. The zero-order chi connectivity index (χ0) is 15.5. The molecule has 2 fully saturated rings. The van der Waals surface area contributed by atoms with Crippen molar-refractivity contribution in [2.24, 2.45) is 5.92 Å². The second-order valence-corrected chi connectivity index (χ2v) is 7.34. The highest BCUT2D eigenvalue weighted by molar-refractivity contribution is 7.13. The molecule has 1 aliphatic carbocycles. The van der Waals surface area contributed by atoms with E-state index in [9.17, 15) is 9.90 Å². The van der Waals surface area contributed by atoms with E-state index >= 15 is 0 Å². The summed E-state index contributed by atoms with van der Waals surface area (Å²) in [7, 11) is 0. The summed E-state index contributed by atoms with van der Waals surface area (Å²) in [6.07, 6.45) is 5.26. The highest BCUT2D eigenvalue weighted by atomic mass is 32.1. The maximum Gasteiger partial charge on any atom is 0.223 e. The number of amides is 1. The standard InChI is InChI=1S/C16H25N3O2S/c1-11-10-22-16(17-11)19-8-6-12(7-9-19)15(21)18-13-4-2-3-5-14(13)20/h10,12-14,20H,2-9H2,1H3,(H,18,21). The first-order chi connectivity index (χ1) is 10.6. The average Bonchev–Trinajstić information content (AvgIpc) is 2.96. The fraction of sp³-hybridized carbons (Fsp3) is 0.750. The van der Waals surface area contributed by atoms with Crippen LogP contribution in [-0.2, 0) is 4.79 Å². The molecule has 0 spiro atoms. The smallest absolute Gasteiger partial charge is 0.223 e. The van der Waals surface area contributed by atoms with Crippen LogP contribution in [0.25, 0.3) is 0 Å². The van der Waals surface area contributed by atoms with E-state index < -0.39 is 0 Å². The third kappa shape index (κ3) is 3.60. The number of carbonyl (C=O) groups excluding carboxylic acids is 1. The Hall–Kier alpha value is -1.14. The molecule has 5 nitrogen and oxygen atoms in total. The molecule has 1 amide bonds. The van der Waals surface area contributed by atoms with Crippen molar-refractivity contribution in [2.45, 2.75) is 57.6 Å². The molecule has 1 aliphatic heterocycles. The second-order valence-electron chi connectivity index (χ2n) is 6.50. The number of hydrogen-bond donors (Lipinski definition) is 2. The van der Waals surface area contributed by atoms with Gasteiger partial charge >= 0.3 is 0 Å². The van der Waals surface area contributed by atoms with Crippen molar-refractivity contribution >= 4 is 22.4 Å². The number of aryl methyl sites for hydroxylation is 1. The molecular formula is C16H25N3O2S. The summed E-state index contributed by atoms with van der Waals surface area (Å²) in [6.45, 7) is 3.78. The number of nitrogens with one attached hydrogen (secondary N) is 1. The van der Waals surface area contributed by atoms with Gasteiger partial charge in [-0.15, -0.1) is 11.3 Å². The lowest BCUT2D eigenvalue weighted by Crippen LogP contribution is -2.49. The van der Waals surface area contributed by atoms with Gasteiger partial charge in [0, 0.05) is 24.4 Å². The number of hydrogen-bond acceptors (Lipinski definition) is 5. The van der Waals surface area contributed by atoms with Crippen molar-refractivity contribution in [3.63, 3.8) is 0 Å². The van der Waals surface area contributed by atoms with Crippen LogP contribution in [0.5, 0.6) is 0 Å². The minimum Gasteiger partial charge on any atom is -0.391 e. The van der Waals surface area contributed by atoms with Crippen LogP contribution in [0.2, 0.25) is 0 Å². The van der Waals surface area contributed by atoms with Crippen molar-refractivity contribution in [2.75, 3.05) is 18.0 Å². The first-order valence-corrected chi connectivity index (χ1v) is 9.17. The molecule has 3 rings (SSSR count). The Bertz CT molecular complexity index is 511. The van der Waals surface area contributed by atoms with Gasteiger partial charge in [-0.2, -0.15) is 0 Å². The van der Waals surface area contributed by atoms with Gasteiger partial charge in [0.05, 0.1) is 17.8 Å². The number of aromatic nitrogens is 1. The highest BCUT2D eigenvalue weighted by Gasteiger charge is 2.30. The number of thiazole rings is 1. The van der Waals surface area contributed by atoms with Crippen LogP contribution < -0.4 is 10.2 Å². The van der Waals surface area contributed by atoms with Crippen LogP contribution in [-0.4, -0.2) is 41.2 Å². The van der Waals surface area contributed by atoms with E-state index in [1.54, 1.807) is 11.3 Å². The summed E-state index contributed by atoms with van der Waals surface area (Å²) >= 11 is 1.68. The Morgan fingerprint density at radius 1 is 1.32 bits per heavy atom. The predicted octanol–water partition coefficient (Wildman–Crippen LogP) is 2.09. The van der Waals surface area contributed by atoms with Crippen molar-refractivity contribution in [3.8, 4) is 0 Å². The minimum absolute atomic E-state index is 0.0408. The van der Waals surface area contributed by atoms with Crippen LogP contribution in [0.15, 0.2) is 5.38 Å². The number of carbonyl (C=O) groups is 1. The van der Waals surface area contributed by atoms with Gasteiger partial charge in [-0.05, 0) is 32.6 Å². The predicted molar refractivity (Wildman–Crippen MR) is 88.2 cm³/mol. The van der Waals surface area contributed by atoms with Crippen LogP contribution in [0.4, 0.5) is 5.13 Å². The molecule has 2 atom stereocenters. The van der Waals surface area contributed by atoms with Crippen molar-refractivity contribution in [1.82, 2.24) is 10.3 Å². The number of aliphatic hydroxyl groups excluding tert-OH is 1. The van der Waals surface area contributed by atoms with Crippen LogP contribution in [0, 0.1) is 12.8 Å². The monoisotopic (exact) mass is 323 g/mol. The zero-order valence-corrected chi connectivity index (χ0v) is 13.9. The SMILES string of the molecule is Cc1csc(N2CCC(C(=O)NC3CCCCC3O)CC2)n1. The summed E-state index contributed by atoms with van der Waals surface area (Å²) in [5.74, 6) is 0.201. The first kappa shape index (κ1) is 15.7. The van der Waals surface area contributed by atoms with E-state index in [0.717, 1.165) is 62.4 Å². The maximum atomic E-state index is 12.4. The largest absolute Gasteiger partial charge is 0.391 e. The Morgan fingerprint density at radius 2 is 2.05 bits per heavy atom. The highest BCUT2D eigenvalue weighted by Crippen LogP contribution is 2.27. The van der Waals surface area contributed by atoms with E-state index in [4.69, 9.17) is 0 Å². The fourth-order valence-corrected chi connectivity index (χ4v) is 4.26. The Kier molecular flexibility index (Phi) is 4.98. The van der Waals surface area contributed by atoms with Crippen LogP contribution in [0.3, 0.4) is 0 Å². The van der Waals surface area contributed by atoms with Crippen LogP contribution >= 0.6 is 11.3 Å². The molecule has 2 N–H and O–H groups in total. The van der Waals surface area contributed by atoms with Crippen molar-refractivity contribution in [3.05, 3.63) is 11.1 Å². The van der Waals surface area contributed by atoms with E-state index in [1.165, 1.54) is 0 Å². The average molecular weight is 323 g/mol. The number of piperidine rings is 1. The van der Waals surface area contributed by atoms with Gasteiger partial charge in [0.25, 0.3) is 0 Å². The van der Waals surface area contributed by atoms with Crippen molar-refractivity contribution in [1.29, 1.82) is 0 Å². The lowest BCUT2D eigenvalue weighted by atomic mass is 9.90. The molecule has 2 unspecified atom stereocenters. The lowest BCUT2D eigenvalue weighted by molar-refractivity contribution is -0.127. The number of aliphatic hydroxyl groups is 1. The van der Waals surface area contributed by atoms with Crippen LogP contribution in [0.1, 0.15) is 44.2 Å².